The maximum atomic E-state index is 12.2. The molecule has 4 aromatic rings. The molecule has 1 amide bonds. The lowest BCUT2D eigenvalue weighted by molar-refractivity contribution is -0.119. The Kier molecular flexibility index (Phi) is 5.29. The van der Waals surface area contributed by atoms with Crippen molar-refractivity contribution in [2.45, 2.75) is 6.54 Å². The molecule has 7 nitrogen and oxygen atoms in total. The quantitative estimate of drug-likeness (QED) is 0.514. The van der Waals surface area contributed by atoms with E-state index in [0.29, 0.717) is 17.8 Å². The molecule has 29 heavy (non-hydrogen) atoms. The fourth-order valence-electron chi connectivity index (χ4n) is 2.94. The maximum Gasteiger partial charge on any atom is 0.338 e. The van der Waals surface area contributed by atoms with Crippen molar-refractivity contribution in [1.82, 2.24) is 14.8 Å². The predicted molar refractivity (Wildman–Crippen MR) is 108 cm³/mol. The number of benzene rings is 2. The second kappa shape index (κ2) is 8.35. The van der Waals surface area contributed by atoms with Gasteiger partial charge in [0, 0.05) is 24.0 Å². The molecule has 0 atom stereocenters. The molecule has 144 valence electrons. The van der Waals surface area contributed by atoms with Gasteiger partial charge in [0.05, 0.1) is 23.3 Å². The molecule has 0 unspecified atom stereocenters. The lowest BCUT2D eigenvalue weighted by atomic mass is 10.1. The number of nitrogens with zero attached hydrogens (tertiary/aromatic N) is 3. The van der Waals surface area contributed by atoms with Crippen molar-refractivity contribution < 1.29 is 14.3 Å². The Labute approximate surface area is 167 Å². The van der Waals surface area contributed by atoms with Gasteiger partial charge in [0.25, 0.3) is 5.91 Å². The summed E-state index contributed by atoms with van der Waals surface area (Å²) in [7, 11) is 0. The van der Waals surface area contributed by atoms with E-state index in [-0.39, 0.29) is 6.61 Å². The maximum absolute atomic E-state index is 12.2. The third kappa shape index (κ3) is 4.47. The Morgan fingerprint density at radius 2 is 1.83 bits per heavy atom. The number of fused-ring (bicyclic) bond motifs is 1. The highest BCUT2D eigenvalue weighted by Crippen LogP contribution is 2.21. The van der Waals surface area contributed by atoms with Gasteiger partial charge in [-0.1, -0.05) is 18.2 Å². The summed E-state index contributed by atoms with van der Waals surface area (Å²) < 4.78 is 6.93. The molecule has 0 radical (unpaired) electrons. The number of nitrogens with one attached hydrogen (secondary N) is 1. The Balaban J connectivity index is 1.33. The number of carbonyl (C=O) groups excluding carboxylic acids is 2. The summed E-state index contributed by atoms with van der Waals surface area (Å²) in [4.78, 5) is 28.7. The largest absolute Gasteiger partial charge is 0.452 e. The zero-order valence-corrected chi connectivity index (χ0v) is 15.5. The average molecular weight is 386 g/mol. The summed E-state index contributed by atoms with van der Waals surface area (Å²) >= 11 is 0. The van der Waals surface area contributed by atoms with Gasteiger partial charge in [0.15, 0.2) is 6.61 Å². The number of ether oxygens (including phenoxy) is 1. The van der Waals surface area contributed by atoms with Crippen LogP contribution in [0.15, 0.2) is 79.3 Å². The Bertz CT molecular complexity index is 1130. The first kappa shape index (κ1) is 18.4. The van der Waals surface area contributed by atoms with E-state index >= 15 is 0 Å². The number of hydrogen-bond acceptors (Lipinski definition) is 5. The lowest BCUT2D eigenvalue weighted by Crippen LogP contribution is -2.21. The number of amides is 1. The molecular weight excluding hydrogens is 368 g/mol. The van der Waals surface area contributed by atoms with Crippen molar-refractivity contribution in [1.29, 1.82) is 0 Å². The van der Waals surface area contributed by atoms with E-state index in [1.54, 1.807) is 41.3 Å². The van der Waals surface area contributed by atoms with Gasteiger partial charge in [-0.15, -0.1) is 0 Å². The van der Waals surface area contributed by atoms with E-state index in [1.165, 1.54) is 0 Å². The van der Waals surface area contributed by atoms with Crippen LogP contribution < -0.4 is 5.32 Å². The Morgan fingerprint density at radius 1 is 0.966 bits per heavy atom. The van der Waals surface area contributed by atoms with Gasteiger partial charge < -0.3 is 10.1 Å². The SMILES string of the molecule is O=C(COC(=O)c1ccc(Cn2cccn2)cc1)Nc1cccc2ncccc12. The first-order valence-electron chi connectivity index (χ1n) is 9.06. The van der Waals surface area contributed by atoms with Crippen LogP contribution in [0.25, 0.3) is 10.9 Å². The van der Waals surface area contributed by atoms with Crippen LogP contribution in [0.2, 0.25) is 0 Å². The van der Waals surface area contributed by atoms with E-state index < -0.39 is 11.9 Å². The minimum atomic E-state index is -0.551. The molecule has 0 spiro atoms. The Morgan fingerprint density at radius 3 is 2.62 bits per heavy atom. The van der Waals surface area contributed by atoms with E-state index in [1.807, 2.05) is 42.6 Å². The van der Waals surface area contributed by atoms with E-state index in [4.69, 9.17) is 4.74 Å². The van der Waals surface area contributed by atoms with Gasteiger partial charge >= 0.3 is 5.97 Å². The number of anilines is 1. The van der Waals surface area contributed by atoms with E-state index in [9.17, 15) is 9.59 Å². The van der Waals surface area contributed by atoms with Gasteiger partial charge in [-0.25, -0.2) is 4.79 Å². The van der Waals surface area contributed by atoms with Crippen LogP contribution in [0.3, 0.4) is 0 Å². The Hall–Kier alpha value is -4.00. The van der Waals surface area contributed by atoms with E-state index in [0.717, 1.165) is 16.5 Å². The van der Waals surface area contributed by atoms with Crippen LogP contribution in [-0.2, 0) is 16.1 Å². The van der Waals surface area contributed by atoms with Crippen molar-refractivity contribution in [3.63, 3.8) is 0 Å². The highest BCUT2D eigenvalue weighted by Gasteiger charge is 2.12. The molecule has 0 aliphatic rings. The topological polar surface area (TPSA) is 86.1 Å². The van der Waals surface area contributed by atoms with Gasteiger partial charge in [0.2, 0.25) is 0 Å². The number of pyridine rings is 1. The lowest BCUT2D eigenvalue weighted by Gasteiger charge is -2.09. The van der Waals surface area contributed by atoms with Crippen LogP contribution in [0.1, 0.15) is 15.9 Å². The fourth-order valence-corrected chi connectivity index (χ4v) is 2.94. The van der Waals surface area contributed by atoms with Crippen LogP contribution in [0.4, 0.5) is 5.69 Å². The van der Waals surface area contributed by atoms with Crippen LogP contribution in [0, 0.1) is 0 Å². The molecule has 0 saturated carbocycles. The minimum Gasteiger partial charge on any atom is -0.452 e. The number of hydrogen-bond donors (Lipinski definition) is 1. The minimum absolute atomic E-state index is 0.371. The second-order valence-electron chi connectivity index (χ2n) is 6.40. The average Bonchev–Trinajstić information content (AvgIpc) is 3.26. The summed E-state index contributed by atoms with van der Waals surface area (Å²) in [6, 6.07) is 18.0. The van der Waals surface area contributed by atoms with Crippen molar-refractivity contribution in [2.24, 2.45) is 0 Å². The van der Waals surface area contributed by atoms with Crippen molar-refractivity contribution in [3.8, 4) is 0 Å². The number of carbonyl (C=O) groups is 2. The molecule has 2 aromatic carbocycles. The zero-order chi connectivity index (χ0) is 20.1. The molecular formula is C22H18N4O3. The van der Waals surface area contributed by atoms with Gasteiger partial charge in [-0.2, -0.15) is 5.10 Å². The standard InChI is InChI=1S/C22H18N4O3/c27-21(25-20-6-1-5-19-18(20)4-2-11-23-19)15-29-22(28)17-9-7-16(8-10-17)14-26-13-3-12-24-26/h1-13H,14-15H2,(H,25,27). The number of aromatic nitrogens is 3. The molecule has 1 N–H and O–H groups in total. The van der Waals surface area contributed by atoms with Crippen LogP contribution in [0.5, 0.6) is 0 Å². The highest BCUT2D eigenvalue weighted by molar-refractivity contribution is 6.02. The monoisotopic (exact) mass is 386 g/mol. The third-order valence-corrected chi connectivity index (χ3v) is 4.35. The highest BCUT2D eigenvalue weighted by atomic mass is 16.5. The van der Waals surface area contributed by atoms with E-state index in [2.05, 4.69) is 15.4 Å². The molecule has 4 rings (SSSR count). The van der Waals surface area contributed by atoms with Gasteiger partial charge in [0.1, 0.15) is 0 Å². The summed E-state index contributed by atoms with van der Waals surface area (Å²) in [5.41, 5.74) is 2.79. The van der Waals surface area contributed by atoms with Crippen LogP contribution in [-0.4, -0.2) is 33.2 Å². The summed E-state index contributed by atoms with van der Waals surface area (Å²) in [6.07, 6.45) is 5.27. The molecule has 0 saturated heterocycles. The zero-order valence-electron chi connectivity index (χ0n) is 15.5. The summed E-state index contributed by atoms with van der Waals surface area (Å²) in [5, 5.41) is 7.73. The fraction of sp³-hybridized carbons (Fsp3) is 0.0909. The second-order valence-corrected chi connectivity index (χ2v) is 6.40. The van der Waals surface area contributed by atoms with Crippen LogP contribution >= 0.6 is 0 Å². The molecule has 2 aromatic heterocycles. The molecule has 0 aliphatic carbocycles. The van der Waals surface area contributed by atoms with Gasteiger partial charge in [-0.3, -0.25) is 14.5 Å². The molecule has 0 aliphatic heterocycles. The van der Waals surface area contributed by atoms with Crippen molar-refractivity contribution >= 4 is 28.5 Å². The smallest absolute Gasteiger partial charge is 0.338 e. The normalized spacial score (nSPS) is 10.6. The first-order chi connectivity index (χ1) is 14.2. The third-order valence-electron chi connectivity index (χ3n) is 4.35. The van der Waals surface area contributed by atoms with Crippen molar-refractivity contribution in [3.05, 3.63) is 90.4 Å². The number of esters is 1. The molecule has 0 fully saturated rings. The molecule has 0 bridgehead atoms. The molecule has 7 heteroatoms. The molecule has 2 heterocycles. The summed E-state index contributed by atoms with van der Waals surface area (Å²) in [5.74, 6) is -0.963. The summed E-state index contributed by atoms with van der Waals surface area (Å²) in [6.45, 7) is 0.245. The number of rotatable bonds is 6. The first-order valence-corrected chi connectivity index (χ1v) is 9.06. The van der Waals surface area contributed by atoms with Crippen molar-refractivity contribution in [2.75, 3.05) is 11.9 Å². The van der Waals surface area contributed by atoms with Gasteiger partial charge in [-0.05, 0) is 48.0 Å². The predicted octanol–water partition coefficient (Wildman–Crippen LogP) is 3.28.